The Balaban J connectivity index is 1.67. The Morgan fingerprint density at radius 2 is 1.88 bits per heavy atom. The minimum Gasteiger partial charge on any atom is -0.348 e. The van der Waals surface area contributed by atoms with Crippen molar-refractivity contribution >= 4 is 17.4 Å². The van der Waals surface area contributed by atoms with Crippen LogP contribution in [0.5, 0.6) is 0 Å². The third kappa shape index (κ3) is 3.91. The molecule has 0 bridgehead atoms. The van der Waals surface area contributed by atoms with E-state index in [0.29, 0.717) is 17.4 Å². The molecular weight excluding hydrogens is 300 g/mol. The van der Waals surface area contributed by atoms with Crippen LogP contribution in [0.15, 0.2) is 36.7 Å². The lowest BCUT2D eigenvalue weighted by atomic mass is 10.0. The number of rotatable bonds is 5. The first-order chi connectivity index (χ1) is 11.6. The van der Waals surface area contributed by atoms with Crippen molar-refractivity contribution in [2.75, 3.05) is 5.32 Å². The summed E-state index contributed by atoms with van der Waals surface area (Å²) >= 11 is 0. The molecule has 2 aromatic rings. The zero-order chi connectivity index (χ0) is 16.9. The molecule has 0 aliphatic heterocycles. The van der Waals surface area contributed by atoms with Crippen LogP contribution in [-0.2, 0) is 0 Å². The number of hydrogen-bond donors (Lipinski definition) is 2. The molecule has 0 atom stereocenters. The van der Waals surface area contributed by atoms with Gasteiger partial charge in [0.05, 0.1) is 12.4 Å². The van der Waals surface area contributed by atoms with E-state index in [1.54, 1.807) is 6.20 Å². The number of carbonyl (C=O) groups is 1. The highest BCUT2D eigenvalue weighted by Crippen LogP contribution is 2.26. The standard InChI is InChI=1S/C19H24N4O/c1-13(2)15-9-5-6-10-16(15)23-18-12-20-17(11-21-18)19(24)22-14-7-3-4-8-14/h5-6,9-14H,3-4,7-8H2,1-2H3,(H,21,23)(H,22,24). The molecular formula is C19H24N4O. The van der Waals surface area contributed by atoms with Crippen LogP contribution in [0.1, 0.15) is 61.5 Å². The third-order valence-electron chi connectivity index (χ3n) is 4.42. The summed E-state index contributed by atoms with van der Waals surface area (Å²) in [5, 5.41) is 6.31. The third-order valence-corrected chi connectivity index (χ3v) is 4.42. The van der Waals surface area contributed by atoms with Crippen molar-refractivity contribution in [3.8, 4) is 0 Å². The van der Waals surface area contributed by atoms with Crippen LogP contribution in [0.25, 0.3) is 0 Å². The fraction of sp³-hybridized carbons (Fsp3) is 0.421. The lowest BCUT2D eigenvalue weighted by Gasteiger charge is -2.14. The van der Waals surface area contributed by atoms with Crippen molar-refractivity contribution in [3.63, 3.8) is 0 Å². The lowest BCUT2D eigenvalue weighted by Crippen LogP contribution is -2.33. The summed E-state index contributed by atoms with van der Waals surface area (Å²) < 4.78 is 0. The predicted molar refractivity (Wildman–Crippen MR) is 95.6 cm³/mol. The highest BCUT2D eigenvalue weighted by Gasteiger charge is 2.18. The highest BCUT2D eigenvalue weighted by atomic mass is 16.1. The van der Waals surface area contributed by atoms with E-state index in [9.17, 15) is 4.79 Å². The monoisotopic (exact) mass is 324 g/mol. The molecule has 1 aliphatic rings. The molecule has 1 aliphatic carbocycles. The zero-order valence-electron chi connectivity index (χ0n) is 14.2. The molecule has 1 aromatic heterocycles. The van der Waals surface area contributed by atoms with Crippen LogP contribution in [0.3, 0.4) is 0 Å². The van der Waals surface area contributed by atoms with Gasteiger partial charge < -0.3 is 10.6 Å². The first-order valence-corrected chi connectivity index (χ1v) is 8.62. The molecule has 1 aromatic carbocycles. The summed E-state index contributed by atoms with van der Waals surface area (Å²) in [5.74, 6) is 0.919. The van der Waals surface area contributed by atoms with Gasteiger partial charge in [-0.25, -0.2) is 9.97 Å². The van der Waals surface area contributed by atoms with Gasteiger partial charge in [0.15, 0.2) is 0 Å². The van der Waals surface area contributed by atoms with Crippen molar-refractivity contribution in [3.05, 3.63) is 47.9 Å². The fourth-order valence-electron chi connectivity index (χ4n) is 3.09. The normalized spacial score (nSPS) is 14.8. The Kier molecular flexibility index (Phi) is 5.08. The second-order valence-electron chi connectivity index (χ2n) is 6.61. The van der Waals surface area contributed by atoms with Gasteiger partial charge in [-0.1, -0.05) is 44.9 Å². The van der Waals surface area contributed by atoms with E-state index in [4.69, 9.17) is 0 Å². The Bertz CT molecular complexity index is 691. The first-order valence-electron chi connectivity index (χ1n) is 8.62. The Labute approximate surface area is 142 Å². The number of nitrogens with zero attached hydrogens (tertiary/aromatic N) is 2. The molecule has 0 radical (unpaired) electrons. The van der Waals surface area contributed by atoms with Crippen LogP contribution in [-0.4, -0.2) is 21.9 Å². The van der Waals surface area contributed by atoms with E-state index in [1.807, 2.05) is 18.2 Å². The van der Waals surface area contributed by atoms with E-state index >= 15 is 0 Å². The minimum absolute atomic E-state index is 0.136. The van der Waals surface area contributed by atoms with Gasteiger partial charge in [0, 0.05) is 11.7 Å². The molecule has 3 rings (SSSR count). The number of nitrogens with one attached hydrogen (secondary N) is 2. The maximum Gasteiger partial charge on any atom is 0.271 e. The number of benzene rings is 1. The number of anilines is 2. The second-order valence-corrected chi connectivity index (χ2v) is 6.61. The Morgan fingerprint density at radius 1 is 1.12 bits per heavy atom. The van der Waals surface area contributed by atoms with Crippen molar-refractivity contribution < 1.29 is 4.79 Å². The summed E-state index contributed by atoms with van der Waals surface area (Å²) in [7, 11) is 0. The van der Waals surface area contributed by atoms with E-state index in [2.05, 4.69) is 40.5 Å². The number of hydrogen-bond acceptors (Lipinski definition) is 4. The number of aromatic nitrogens is 2. The van der Waals surface area contributed by atoms with Crippen LogP contribution < -0.4 is 10.6 Å². The van der Waals surface area contributed by atoms with Crippen LogP contribution in [0, 0.1) is 0 Å². The first kappa shape index (κ1) is 16.4. The second kappa shape index (κ2) is 7.43. The number of para-hydroxylation sites is 1. The largest absolute Gasteiger partial charge is 0.348 e. The van der Waals surface area contributed by atoms with Crippen molar-refractivity contribution in [2.24, 2.45) is 0 Å². The smallest absolute Gasteiger partial charge is 0.271 e. The quantitative estimate of drug-likeness (QED) is 0.872. The predicted octanol–water partition coefficient (Wildman–Crippen LogP) is 4.02. The van der Waals surface area contributed by atoms with Crippen LogP contribution in [0.4, 0.5) is 11.5 Å². The van der Waals surface area contributed by atoms with E-state index in [-0.39, 0.29) is 11.9 Å². The molecule has 24 heavy (non-hydrogen) atoms. The average Bonchev–Trinajstić information content (AvgIpc) is 3.09. The summed E-state index contributed by atoms with van der Waals surface area (Å²) in [6.45, 7) is 4.31. The summed E-state index contributed by atoms with van der Waals surface area (Å²) in [6.07, 6.45) is 7.64. The molecule has 2 N–H and O–H groups in total. The molecule has 1 saturated carbocycles. The Hall–Kier alpha value is -2.43. The summed E-state index contributed by atoms with van der Waals surface area (Å²) in [5.41, 5.74) is 2.61. The van der Waals surface area contributed by atoms with Crippen LogP contribution in [0.2, 0.25) is 0 Å². The van der Waals surface area contributed by atoms with Gasteiger partial charge in [-0.3, -0.25) is 4.79 Å². The molecule has 1 heterocycles. The maximum absolute atomic E-state index is 12.2. The zero-order valence-corrected chi connectivity index (χ0v) is 14.2. The summed E-state index contributed by atoms with van der Waals surface area (Å²) in [6, 6.07) is 8.44. The average molecular weight is 324 g/mol. The van der Waals surface area contributed by atoms with Gasteiger partial charge in [-0.2, -0.15) is 0 Å². The number of carbonyl (C=O) groups excluding carboxylic acids is 1. The van der Waals surface area contributed by atoms with Gasteiger partial charge in [0.1, 0.15) is 11.5 Å². The molecule has 0 saturated heterocycles. The molecule has 5 nitrogen and oxygen atoms in total. The van der Waals surface area contributed by atoms with E-state index in [0.717, 1.165) is 18.5 Å². The van der Waals surface area contributed by atoms with Gasteiger partial charge in [0.2, 0.25) is 0 Å². The van der Waals surface area contributed by atoms with Gasteiger partial charge in [-0.05, 0) is 30.4 Å². The van der Waals surface area contributed by atoms with E-state index < -0.39 is 0 Å². The van der Waals surface area contributed by atoms with Gasteiger partial charge in [0.25, 0.3) is 5.91 Å². The lowest BCUT2D eigenvalue weighted by molar-refractivity contribution is 0.0932. The minimum atomic E-state index is -0.136. The van der Waals surface area contributed by atoms with Crippen molar-refractivity contribution in [1.82, 2.24) is 15.3 Å². The Morgan fingerprint density at radius 3 is 2.54 bits per heavy atom. The molecule has 0 unspecified atom stereocenters. The SMILES string of the molecule is CC(C)c1ccccc1Nc1cnc(C(=O)NC2CCCC2)cn1. The fourth-order valence-corrected chi connectivity index (χ4v) is 3.09. The van der Waals surface area contributed by atoms with Gasteiger partial charge >= 0.3 is 0 Å². The molecule has 5 heteroatoms. The number of amides is 1. The van der Waals surface area contributed by atoms with Crippen molar-refractivity contribution in [2.45, 2.75) is 51.5 Å². The molecule has 0 spiro atoms. The molecule has 1 fully saturated rings. The van der Waals surface area contributed by atoms with Crippen LogP contribution >= 0.6 is 0 Å². The molecule has 1 amide bonds. The highest BCUT2D eigenvalue weighted by molar-refractivity contribution is 5.92. The maximum atomic E-state index is 12.2. The van der Waals surface area contributed by atoms with Gasteiger partial charge in [-0.15, -0.1) is 0 Å². The van der Waals surface area contributed by atoms with Crippen molar-refractivity contribution in [1.29, 1.82) is 0 Å². The van der Waals surface area contributed by atoms with E-state index in [1.165, 1.54) is 24.6 Å². The summed E-state index contributed by atoms with van der Waals surface area (Å²) in [4.78, 5) is 20.8. The topological polar surface area (TPSA) is 66.9 Å². The molecule has 126 valence electrons.